The maximum absolute atomic E-state index is 13.3. The first-order valence-electron chi connectivity index (χ1n) is 5.69. The molecule has 22 heavy (non-hydrogen) atoms. The van der Waals surface area contributed by atoms with E-state index in [2.05, 4.69) is 0 Å². The smallest absolute Gasteiger partial charge is 0.381 e. The van der Waals surface area contributed by atoms with E-state index in [0.29, 0.717) is 13.8 Å². The minimum Gasteiger partial charge on any atom is -0.390 e. The fourth-order valence-corrected chi connectivity index (χ4v) is 1.40. The molecule has 0 radical (unpaired) electrons. The van der Waals surface area contributed by atoms with Gasteiger partial charge in [0.2, 0.25) is 0 Å². The van der Waals surface area contributed by atoms with Crippen LogP contribution in [0.5, 0.6) is 0 Å². The number of aliphatic hydroxyl groups is 4. The lowest BCUT2D eigenvalue weighted by molar-refractivity contribution is -0.397. The van der Waals surface area contributed by atoms with Crippen molar-refractivity contribution in [2.45, 2.75) is 62.0 Å². The molecule has 0 aliphatic rings. The summed E-state index contributed by atoms with van der Waals surface area (Å²) in [5.41, 5.74) is 0. The maximum atomic E-state index is 13.3. The van der Waals surface area contributed by atoms with Gasteiger partial charge in [-0.25, -0.2) is 0 Å². The molecule has 0 saturated heterocycles. The van der Waals surface area contributed by atoms with Gasteiger partial charge < -0.3 is 20.4 Å². The highest BCUT2D eigenvalue weighted by Crippen LogP contribution is 2.55. The Bertz CT molecular complexity index is 349. The first kappa shape index (κ1) is 21.3. The molecule has 0 aromatic carbocycles. The fraction of sp³-hybridized carbons (Fsp3) is 1.00. The third-order valence-corrected chi connectivity index (χ3v) is 2.89. The van der Waals surface area contributed by atoms with Crippen LogP contribution in [-0.4, -0.2) is 68.5 Å². The second-order valence-corrected chi connectivity index (χ2v) is 4.77. The molecule has 0 aromatic rings. The molecule has 0 aliphatic carbocycles. The van der Waals surface area contributed by atoms with Crippen LogP contribution in [0, 0.1) is 0 Å². The van der Waals surface area contributed by atoms with Crippen LogP contribution < -0.4 is 0 Å². The van der Waals surface area contributed by atoms with Gasteiger partial charge in [0.25, 0.3) is 0 Å². The summed E-state index contributed by atoms with van der Waals surface area (Å²) in [7, 11) is 0. The summed E-state index contributed by atoms with van der Waals surface area (Å²) >= 11 is 0. The topological polar surface area (TPSA) is 80.9 Å². The van der Waals surface area contributed by atoms with E-state index in [1.54, 1.807) is 0 Å². The third-order valence-electron chi connectivity index (χ3n) is 2.89. The lowest BCUT2D eigenvalue weighted by atomic mass is 9.90. The molecule has 0 bridgehead atoms. The third kappa shape index (κ3) is 3.01. The Morgan fingerprint density at radius 2 is 0.727 bits per heavy atom. The molecule has 4 nitrogen and oxygen atoms in total. The number of rotatable bonds is 7. The monoisotopic (exact) mass is 350 g/mol. The molecule has 0 spiro atoms. The Morgan fingerprint density at radius 1 is 0.545 bits per heavy atom. The lowest BCUT2D eigenvalue weighted by Crippen LogP contribution is -2.69. The van der Waals surface area contributed by atoms with Gasteiger partial charge in [0.05, 0.1) is 12.2 Å². The average Bonchev–Trinajstić information content (AvgIpc) is 2.35. The summed E-state index contributed by atoms with van der Waals surface area (Å²) in [5, 5.41) is 34.6. The summed E-state index contributed by atoms with van der Waals surface area (Å²) < 4.78 is 106. The van der Waals surface area contributed by atoms with Crippen molar-refractivity contribution in [2.24, 2.45) is 0 Å². The Labute approximate surface area is 119 Å². The molecule has 0 amide bonds. The van der Waals surface area contributed by atoms with Crippen LogP contribution in [-0.2, 0) is 0 Å². The fourth-order valence-electron chi connectivity index (χ4n) is 1.40. The average molecular weight is 350 g/mol. The van der Waals surface area contributed by atoms with Crippen molar-refractivity contribution in [3.63, 3.8) is 0 Å². The van der Waals surface area contributed by atoms with Crippen LogP contribution in [0.3, 0.4) is 0 Å². The van der Waals surface area contributed by atoms with Crippen molar-refractivity contribution in [1.82, 2.24) is 0 Å². The molecule has 134 valence electrons. The zero-order chi connectivity index (χ0) is 18.3. The Morgan fingerprint density at radius 3 is 0.864 bits per heavy atom. The predicted octanol–water partition coefficient (Wildman–Crippen LogP) is 1.01. The van der Waals surface area contributed by atoms with Gasteiger partial charge in [-0.15, -0.1) is 0 Å². The van der Waals surface area contributed by atoms with Crippen LogP contribution in [0.25, 0.3) is 0 Å². The summed E-state index contributed by atoms with van der Waals surface area (Å²) in [5.74, 6) is -26.0. The molecular formula is C10H14F8O4. The van der Waals surface area contributed by atoms with Gasteiger partial charge in [-0.1, -0.05) is 0 Å². The summed E-state index contributed by atoms with van der Waals surface area (Å²) in [6.45, 7) is 0.686. The van der Waals surface area contributed by atoms with Crippen molar-refractivity contribution in [3.8, 4) is 0 Å². The molecule has 0 rings (SSSR count). The Hall–Kier alpha value is -0.720. The van der Waals surface area contributed by atoms with Gasteiger partial charge >= 0.3 is 23.7 Å². The van der Waals surface area contributed by atoms with E-state index >= 15 is 0 Å². The second-order valence-electron chi connectivity index (χ2n) is 4.77. The van der Waals surface area contributed by atoms with Gasteiger partial charge in [-0.05, 0) is 13.8 Å². The zero-order valence-electron chi connectivity index (χ0n) is 11.1. The van der Waals surface area contributed by atoms with Crippen LogP contribution >= 0.6 is 0 Å². The number of halogens is 8. The number of hydrogen-bond donors (Lipinski definition) is 4. The van der Waals surface area contributed by atoms with Crippen LogP contribution in [0.4, 0.5) is 35.1 Å². The highest BCUT2D eigenvalue weighted by molar-refractivity contribution is 5.09. The number of alkyl halides is 8. The molecule has 12 heteroatoms. The first-order valence-corrected chi connectivity index (χ1v) is 5.69. The normalized spacial score (nSPS) is 20.5. The molecule has 4 unspecified atom stereocenters. The van der Waals surface area contributed by atoms with E-state index in [0.717, 1.165) is 0 Å². The molecule has 0 saturated carbocycles. The minimum atomic E-state index is -6.85. The predicted molar refractivity (Wildman–Crippen MR) is 55.2 cm³/mol. The van der Waals surface area contributed by atoms with Crippen molar-refractivity contribution in [2.75, 3.05) is 0 Å². The number of aliphatic hydroxyl groups excluding tert-OH is 4. The SMILES string of the molecule is CC(O)C(O)C(F)(F)C(F)(F)C(F)(F)C(F)(F)C(O)C(C)O. The molecule has 0 aromatic heterocycles. The standard InChI is InChI=1S/C10H14F8O4/c1-3(19)5(21)7(11,12)9(15,16)10(17,18)8(13,14)6(22)4(2)20/h3-6,19-22H,1-2H3. The van der Waals surface area contributed by atoms with Gasteiger partial charge in [-0.2, -0.15) is 35.1 Å². The van der Waals surface area contributed by atoms with Crippen molar-refractivity contribution in [3.05, 3.63) is 0 Å². The summed E-state index contributed by atoms with van der Waals surface area (Å²) in [6, 6.07) is 0. The zero-order valence-corrected chi connectivity index (χ0v) is 11.1. The van der Waals surface area contributed by atoms with Crippen molar-refractivity contribution >= 4 is 0 Å². The van der Waals surface area contributed by atoms with Gasteiger partial charge in [0, 0.05) is 0 Å². The molecule has 0 heterocycles. The molecular weight excluding hydrogens is 336 g/mol. The van der Waals surface area contributed by atoms with Crippen LogP contribution in [0.1, 0.15) is 13.8 Å². The summed E-state index contributed by atoms with van der Waals surface area (Å²) in [4.78, 5) is 0. The number of hydrogen-bond acceptors (Lipinski definition) is 4. The molecule has 4 atom stereocenters. The molecule has 0 aliphatic heterocycles. The Kier molecular flexibility index (Phi) is 5.86. The summed E-state index contributed by atoms with van der Waals surface area (Å²) in [6.07, 6.45) is -12.9. The van der Waals surface area contributed by atoms with E-state index in [1.165, 1.54) is 0 Å². The van der Waals surface area contributed by atoms with Gasteiger partial charge in [0.1, 0.15) is 12.2 Å². The van der Waals surface area contributed by atoms with Gasteiger partial charge in [0.15, 0.2) is 0 Å². The van der Waals surface area contributed by atoms with E-state index in [4.69, 9.17) is 20.4 Å². The van der Waals surface area contributed by atoms with Crippen LogP contribution in [0.2, 0.25) is 0 Å². The largest absolute Gasteiger partial charge is 0.390 e. The van der Waals surface area contributed by atoms with E-state index in [9.17, 15) is 35.1 Å². The Balaban J connectivity index is 5.95. The molecule has 0 fully saturated rings. The quantitative estimate of drug-likeness (QED) is 0.517. The highest BCUT2D eigenvalue weighted by Gasteiger charge is 2.83. The minimum absolute atomic E-state index is 0.343. The van der Waals surface area contributed by atoms with E-state index in [1.807, 2.05) is 0 Å². The maximum Gasteiger partial charge on any atom is 0.381 e. The molecule has 4 N–H and O–H groups in total. The first-order chi connectivity index (χ1) is 9.46. The lowest BCUT2D eigenvalue weighted by Gasteiger charge is -2.40. The van der Waals surface area contributed by atoms with Gasteiger partial charge in [-0.3, -0.25) is 0 Å². The second kappa shape index (κ2) is 6.06. The highest BCUT2D eigenvalue weighted by atomic mass is 19.4. The van der Waals surface area contributed by atoms with Crippen molar-refractivity contribution < 1.29 is 55.5 Å². The van der Waals surface area contributed by atoms with E-state index < -0.39 is 48.1 Å². The van der Waals surface area contributed by atoms with E-state index in [-0.39, 0.29) is 0 Å². The van der Waals surface area contributed by atoms with Crippen LogP contribution in [0.15, 0.2) is 0 Å². The van der Waals surface area contributed by atoms with Crippen molar-refractivity contribution in [1.29, 1.82) is 0 Å².